The number of rotatable bonds is 5. The largest absolute Gasteiger partial charge is 0.497 e. The van der Waals surface area contributed by atoms with Gasteiger partial charge in [-0.3, -0.25) is 4.79 Å². The zero-order valence-electron chi connectivity index (χ0n) is 15.4. The van der Waals surface area contributed by atoms with Crippen molar-refractivity contribution in [3.05, 3.63) is 48.0 Å². The van der Waals surface area contributed by atoms with Crippen LogP contribution in [0.25, 0.3) is 0 Å². The molecule has 0 aromatic heterocycles. The van der Waals surface area contributed by atoms with E-state index < -0.39 is 10.0 Å². The number of carbonyl (C=O) groups excluding carboxylic acids is 1. The summed E-state index contributed by atoms with van der Waals surface area (Å²) in [5, 5.41) is 2.61. The van der Waals surface area contributed by atoms with E-state index in [4.69, 9.17) is 4.74 Å². The minimum Gasteiger partial charge on any atom is -0.497 e. The SMILES string of the molecule is CCCN1C(c2ccc(OC)cc2)=NS(=O)(=O)c2cc(NC(C)=O)ccc21. The predicted molar refractivity (Wildman–Crippen MR) is 105 cm³/mol. The van der Waals surface area contributed by atoms with Crippen LogP contribution in [0.5, 0.6) is 5.75 Å². The number of anilines is 2. The van der Waals surface area contributed by atoms with Gasteiger partial charge in [-0.2, -0.15) is 8.42 Å². The minimum atomic E-state index is -3.90. The topological polar surface area (TPSA) is 88.1 Å². The molecule has 1 aliphatic heterocycles. The highest BCUT2D eigenvalue weighted by atomic mass is 32.2. The molecule has 0 spiro atoms. The summed E-state index contributed by atoms with van der Waals surface area (Å²) in [6.45, 7) is 3.99. The Hall–Kier alpha value is -2.87. The molecule has 2 aromatic carbocycles. The van der Waals surface area contributed by atoms with Crippen LogP contribution in [0.1, 0.15) is 25.8 Å². The van der Waals surface area contributed by atoms with Gasteiger partial charge in [0.25, 0.3) is 10.0 Å². The van der Waals surface area contributed by atoms with Crippen molar-refractivity contribution < 1.29 is 17.9 Å². The van der Waals surface area contributed by atoms with Gasteiger partial charge in [-0.25, -0.2) is 0 Å². The first-order valence-corrected chi connectivity index (χ1v) is 9.98. The summed E-state index contributed by atoms with van der Waals surface area (Å²) in [7, 11) is -2.33. The monoisotopic (exact) mass is 387 g/mol. The standard InChI is InChI=1S/C19H21N3O4S/c1-4-11-22-17-10-7-15(20-13(2)23)12-18(17)27(24,25)21-19(22)14-5-8-16(26-3)9-6-14/h5-10,12H,4,11H2,1-3H3,(H,20,23). The Morgan fingerprint density at radius 1 is 1.19 bits per heavy atom. The molecule has 142 valence electrons. The van der Waals surface area contributed by atoms with Gasteiger partial charge in [0.05, 0.1) is 12.8 Å². The normalized spacial score (nSPS) is 14.9. The number of nitrogens with one attached hydrogen (secondary N) is 1. The maximum Gasteiger partial charge on any atom is 0.286 e. The van der Waals surface area contributed by atoms with Crippen LogP contribution < -0.4 is 15.0 Å². The zero-order valence-corrected chi connectivity index (χ0v) is 16.2. The van der Waals surface area contributed by atoms with E-state index in [2.05, 4.69) is 9.71 Å². The van der Waals surface area contributed by atoms with Gasteiger partial charge in [-0.1, -0.05) is 6.92 Å². The molecular formula is C19H21N3O4S. The summed E-state index contributed by atoms with van der Waals surface area (Å²) in [4.78, 5) is 13.3. The molecule has 3 rings (SSSR count). The molecule has 27 heavy (non-hydrogen) atoms. The number of methoxy groups -OCH3 is 1. The van der Waals surface area contributed by atoms with Crippen molar-refractivity contribution in [1.82, 2.24) is 0 Å². The number of sulfonamides is 1. The molecule has 0 unspecified atom stereocenters. The van der Waals surface area contributed by atoms with Crippen molar-refractivity contribution in [3.63, 3.8) is 0 Å². The number of benzene rings is 2. The summed E-state index contributed by atoms with van der Waals surface area (Å²) in [6.07, 6.45) is 0.808. The quantitative estimate of drug-likeness (QED) is 0.852. The second kappa shape index (κ2) is 7.40. The molecule has 2 aromatic rings. The van der Waals surface area contributed by atoms with E-state index in [0.29, 0.717) is 35.1 Å². The molecule has 1 heterocycles. The van der Waals surface area contributed by atoms with E-state index in [9.17, 15) is 13.2 Å². The molecule has 1 N–H and O–H groups in total. The van der Waals surface area contributed by atoms with Crippen LogP contribution >= 0.6 is 0 Å². The number of amidine groups is 1. The molecule has 0 radical (unpaired) electrons. The number of fused-ring (bicyclic) bond motifs is 1. The van der Waals surface area contributed by atoms with Crippen LogP contribution in [0.3, 0.4) is 0 Å². The predicted octanol–water partition coefficient (Wildman–Crippen LogP) is 3.02. The fourth-order valence-electron chi connectivity index (χ4n) is 2.95. The lowest BCUT2D eigenvalue weighted by molar-refractivity contribution is -0.114. The van der Waals surface area contributed by atoms with Crippen LogP contribution in [0, 0.1) is 0 Å². The summed E-state index contributed by atoms with van der Waals surface area (Å²) < 4.78 is 34.9. The molecule has 0 saturated carbocycles. The van der Waals surface area contributed by atoms with Gasteiger partial charge < -0.3 is 15.0 Å². The number of nitrogens with zero attached hydrogens (tertiary/aromatic N) is 2. The lowest BCUT2D eigenvalue weighted by Crippen LogP contribution is -2.37. The van der Waals surface area contributed by atoms with Crippen molar-refractivity contribution in [2.45, 2.75) is 25.2 Å². The molecule has 7 nitrogen and oxygen atoms in total. The average molecular weight is 387 g/mol. The number of hydrogen-bond acceptors (Lipinski definition) is 5. The molecule has 0 aliphatic carbocycles. The van der Waals surface area contributed by atoms with Gasteiger partial charge in [0.1, 0.15) is 10.6 Å². The summed E-state index contributed by atoms with van der Waals surface area (Å²) in [5.74, 6) is 0.788. The van der Waals surface area contributed by atoms with Gasteiger partial charge in [0.15, 0.2) is 5.84 Å². The Morgan fingerprint density at radius 3 is 2.48 bits per heavy atom. The molecule has 0 bridgehead atoms. The summed E-state index contributed by atoms with van der Waals surface area (Å²) >= 11 is 0. The first kappa shape index (κ1) is 18.9. The third-order valence-corrected chi connectivity index (χ3v) is 5.40. The van der Waals surface area contributed by atoms with E-state index in [-0.39, 0.29) is 10.8 Å². The number of carbonyl (C=O) groups is 1. The van der Waals surface area contributed by atoms with Crippen LogP contribution in [0.2, 0.25) is 0 Å². The fourth-order valence-corrected chi connectivity index (χ4v) is 4.20. The highest BCUT2D eigenvalue weighted by molar-refractivity contribution is 7.90. The summed E-state index contributed by atoms with van der Waals surface area (Å²) in [6, 6.07) is 11.9. The Kier molecular flexibility index (Phi) is 5.18. The third kappa shape index (κ3) is 3.80. The zero-order chi connectivity index (χ0) is 19.6. The lowest BCUT2D eigenvalue weighted by Gasteiger charge is -2.31. The van der Waals surface area contributed by atoms with E-state index in [1.54, 1.807) is 43.5 Å². The molecule has 1 amide bonds. The Bertz CT molecular complexity index is 998. The van der Waals surface area contributed by atoms with Gasteiger partial charge in [0.2, 0.25) is 5.91 Å². The maximum absolute atomic E-state index is 12.8. The highest BCUT2D eigenvalue weighted by Crippen LogP contribution is 2.35. The first-order chi connectivity index (χ1) is 12.9. The van der Waals surface area contributed by atoms with Crippen LogP contribution in [0.15, 0.2) is 51.8 Å². The van der Waals surface area contributed by atoms with Gasteiger partial charge in [0, 0.05) is 24.7 Å². The Morgan fingerprint density at radius 2 is 1.89 bits per heavy atom. The number of amides is 1. The van der Waals surface area contributed by atoms with E-state index in [1.165, 1.54) is 13.0 Å². The fraction of sp³-hybridized carbons (Fsp3) is 0.263. The van der Waals surface area contributed by atoms with E-state index in [1.807, 2.05) is 11.8 Å². The van der Waals surface area contributed by atoms with Crippen molar-refractivity contribution in [2.24, 2.45) is 4.40 Å². The second-order valence-electron chi connectivity index (χ2n) is 6.13. The number of hydrogen-bond donors (Lipinski definition) is 1. The van der Waals surface area contributed by atoms with Crippen LogP contribution in [-0.4, -0.2) is 33.8 Å². The highest BCUT2D eigenvalue weighted by Gasteiger charge is 2.31. The van der Waals surface area contributed by atoms with Gasteiger partial charge in [-0.15, -0.1) is 4.40 Å². The van der Waals surface area contributed by atoms with E-state index in [0.717, 1.165) is 6.42 Å². The van der Waals surface area contributed by atoms with Crippen LogP contribution in [0.4, 0.5) is 11.4 Å². The van der Waals surface area contributed by atoms with E-state index >= 15 is 0 Å². The van der Waals surface area contributed by atoms with Crippen molar-refractivity contribution >= 4 is 33.1 Å². The molecular weight excluding hydrogens is 366 g/mol. The maximum atomic E-state index is 12.8. The molecule has 0 atom stereocenters. The van der Waals surface area contributed by atoms with Gasteiger partial charge >= 0.3 is 0 Å². The lowest BCUT2D eigenvalue weighted by atomic mass is 10.1. The van der Waals surface area contributed by atoms with Gasteiger partial charge in [-0.05, 0) is 48.9 Å². The molecule has 1 aliphatic rings. The van der Waals surface area contributed by atoms with Crippen molar-refractivity contribution in [3.8, 4) is 5.75 Å². The smallest absolute Gasteiger partial charge is 0.286 e. The molecule has 0 saturated heterocycles. The van der Waals surface area contributed by atoms with Crippen molar-refractivity contribution in [2.75, 3.05) is 23.9 Å². The third-order valence-electron chi connectivity index (χ3n) is 4.11. The van der Waals surface area contributed by atoms with Crippen molar-refractivity contribution in [1.29, 1.82) is 0 Å². The summed E-state index contributed by atoms with van der Waals surface area (Å²) in [5.41, 5.74) is 1.65. The molecule has 8 heteroatoms. The number of ether oxygens (including phenoxy) is 1. The second-order valence-corrected chi connectivity index (χ2v) is 7.71. The Labute approximate surface area is 158 Å². The molecule has 0 fully saturated rings. The first-order valence-electron chi connectivity index (χ1n) is 8.54. The Balaban J connectivity index is 2.13. The van der Waals surface area contributed by atoms with Crippen LogP contribution in [-0.2, 0) is 14.8 Å². The minimum absolute atomic E-state index is 0.0828. The average Bonchev–Trinajstić information content (AvgIpc) is 2.64.